The van der Waals surface area contributed by atoms with Crippen molar-refractivity contribution in [1.82, 2.24) is 4.98 Å². The molecule has 16 heavy (non-hydrogen) atoms. The molecule has 0 aliphatic rings. The summed E-state index contributed by atoms with van der Waals surface area (Å²) < 4.78 is 25.9. The summed E-state index contributed by atoms with van der Waals surface area (Å²) in [5, 5.41) is 0.520. The molecule has 2 rings (SSSR count). The van der Waals surface area contributed by atoms with E-state index in [1.807, 2.05) is 0 Å². The highest BCUT2D eigenvalue weighted by Crippen LogP contribution is 2.17. The van der Waals surface area contributed by atoms with Crippen LogP contribution in [0.25, 0.3) is 10.9 Å². The number of Topliss-reactive ketones (excluding diaryl/α,β-unsaturated/α-hetero) is 1. The van der Waals surface area contributed by atoms with Gasteiger partial charge in [-0.25, -0.2) is 8.78 Å². The molecule has 0 unspecified atom stereocenters. The van der Waals surface area contributed by atoms with Crippen LogP contribution >= 0.6 is 0 Å². The fourth-order valence-corrected chi connectivity index (χ4v) is 1.51. The highest BCUT2D eigenvalue weighted by Gasteiger charge is 2.06. The minimum absolute atomic E-state index is 0.0190. The zero-order valence-corrected chi connectivity index (χ0v) is 8.63. The van der Waals surface area contributed by atoms with Gasteiger partial charge in [-0.15, -0.1) is 0 Å². The number of pyridine rings is 1. The topological polar surface area (TPSA) is 30.0 Å². The van der Waals surface area contributed by atoms with Gasteiger partial charge < -0.3 is 0 Å². The molecule has 1 heterocycles. The van der Waals surface area contributed by atoms with Crippen LogP contribution in [0.2, 0.25) is 0 Å². The number of nitrogens with zero attached hydrogens (tertiary/aromatic N) is 1. The van der Waals surface area contributed by atoms with Crippen molar-refractivity contribution < 1.29 is 13.6 Å². The first-order valence-electron chi connectivity index (χ1n) is 4.80. The number of halogens is 2. The van der Waals surface area contributed by atoms with Crippen molar-refractivity contribution >= 4 is 16.7 Å². The molecule has 0 aliphatic carbocycles. The van der Waals surface area contributed by atoms with Gasteiger partial charge in [0.1, 0.15) is 5.78 Å². The average molecular weight is 221 g/mol. The largest absolute Gasteiger partial charge is 0.300 e. The number of fused-ring (bicyclic) bond motifs is 1. The number of carbonyl (C=O) groups is 1. The van der Waals surface area contributed by atoms with E-state index in [1.54, 1.807) is 12.1 Å². The SMILES string of the molecule is CC(=O)Cc1ccc2cc(F)c(F)cc2n1. The molecular formula is C12H9F2NO. The van der Waals surface area contributed by atoms with Crippen molar-refractivity contribution in [2.24, 2.45) is 0 Å². The molecule has 2 aromatic rings. The van der Waals surface area contributed by atoms with Gasteiger partial charge in [-0.2, -0.15) is 0 Å². The van der Waals surface area contributed by atoms with Crippen LogP contribution in [0.4, 0.5) is 8.78 Å². The van der Waals surface area contributed by atoms with Crippen LogP contribution in [0, 0.1) is 11.6 Å². The Bertz CT molecular complexity index is 566. The molecule has 0 fully saturated rings. The molecule has 82 valence electrons. The average Bonchev–Trinajstić information content (AvgIpc) is 2.19. The van der Waals surface area contributed by atoms with E-state index in [2.05, 4.69) is 4.98 Å². The fraction of sp³-hybridized carbons (Fsp3) is 0.167. The molecule has 0 amide bonds. The summed E-state index contributed by atoms with van der Waals surface area (Å²) in [6.07, 6.45) is 0.203. The maximum atomic E-state index is 13.0. The van der Waals surface area contributed by atoms with Crippen LogP contribution < -0.4 is 0 Å². The Kier molecular flexibility index (Phi) is 2.64. The van der Waals surface area contributed by atoms with Gasteiger partial charge in [-0.3, -0.25) is 9.78 Å². The van der Waals surface area contributed by atoms with Crippen LogP contribution in [0.3, 0.4) is 0 Å². The molecule has 0 saturated heterocycles. The van der Waals surface area contributed by atoms with Crippen molar-refractivity contribution in [2.75, 3.05) is 0 Å². The molecule has 0 saturated carbocycles. The molecular weight excluding hydrogens is 212 g/mol. The molecule has 0 aliphatic heterocycles. The van der Waals surface area contributed by atoms with Crippen LogP contribution in [0.15, 0.2) is 24.3 Å². The number of benzene rings is 1. The summed E-state index contributed by atoms with van der Waals surface area (Å²) in [4.78, 5) is 15.0. The van der Waals surface area contributed by atoms with Gasteiger partial charge in [-0.1, -0.05) is 6.07 Å². The Balaban J connectivity index is 2.53. The predicted molar refractivity (Wildman–Crippen MR) is 56.0 cm³/mol. The third-order valence-corrected chi connectivity index (χ3v) is 2.22. The van der Waals surface area contributed by atoms with Gasteiger partial charge in [0, 0.05) is 23.6 Å². The Hall–Kier alpha value is -1.84. The first-order valence-corrected chi connectivity index (χ1v) is 4.80. The molecule has 0 spiro atoms. The van der Waals surface area contributed by atoms with E-state index in [4.69, 9.17) is 0 Å². The Morgan fingerprint density at radius 1 is 1.25 bits per heavy atom. The molecule has 0 N–H and O–H groups in total. The minimum Gasteiger partial charge on any atom is -0.300 e. The smallest absolute Gasteiger partial charge is 0.161 e. The molecule has 0 radical (unpaired) electrons. The number of ketones is 1. The lowest BCUT2D eigenvalue weighted by atomic mass is 10.1. The number of carbonyl (C=O) groups excluding carboxylic acids is 1. The Morgan fingerprint density at radius 2 is 1.94 bits per heavy atom. The van der Waals surface area contributed by atoms with Gasteiger partial charge in [0.2, 0.25) is 0 Å². The summed E-state index contributed by atoms with van der Waals surface area (Å²) in [5.41, 5.74) is 0.920. The van der Waals surface area contributed by atoms with Gasteiger partial charge in [0.05, 0.1) is 5.52 Å². The molecule has 2 nitrogen and oxygen atoms in total. The standard InChI is InChI=1S/C12H9F2NO/c1-7(16)4-9-3-2-8-5-10(13)11(14)6-12(8)15-9/h2-3,5-6H,4H2,1H3. The highest BCUT2D eigenvalue weighted by atomic mass is 19.2. The molecule has 1 aromatic carbocycles. The highest BCUT2D eigenvalue weighted by molar-refractivity contribution is 5.81. The number of aromatic nitrogens is 1. The lowest BCUT2D eigenvalue weighted by molar-refractivity contribution is -0.116. The van der Waals surface area contributed by atoms with E-state index in [0.717, 1.165) is 12.1 Å². The summed E-state index contributed by atoms with van der Waals surface area (Å²) in [6, 6.07) is 5.40. The normalized spacial score (nSPS) is 10.7. The molecule has 0 bridgehead atoms. The molecule has 1 aromatic heterocycles. The van der Waals surface area contributed by atoms with Crippen molar-refractivity contribution in [2.45, 2.75) is 13.3 Å². The van der Waals surface area contributed by atoms with Crippen LogP contribution in [-0.4, -0.2) is 10.8 Å². The zero-order chi connectivity index (χ0) is 11.7. The summed E-state index contributed by atoms with van der Waals surface area (Å²) in [7, 11) is 0. The first kappa shape index (κ1) is 10.7. The van der Waals surface area contributed by atoms with Gasteiger partial charge in [0.25, 0.3) is 0 Å². The van der Waals surface area contributed by atoms with Crippen LogP contribution in [-0.2, 0) is 11.2 Å². The summed E-state index contributed by atoms with van der Waals surface area (Å²) in [5.74, 6) is -1.84. The zero-order valence-electron chi connectivity index (χ0n) is 8.63. The van der Waals surface area contributed by atoms with E-state index in [1.165, 1.54) is 6.92 Å². The fourth-order valence-electron chi connectivity index (χ4n) is 1.51. The van der Waals surface area contributed by atoms with Crippen molar-refractivity contribution in [3.05, 3.63) is 41.6 Å². The molecule has 0 atom stereocenters. The van der Waals surface area contributed by atoms with E-state index in [9.17, 15) is 13.6 Å². The Labute approximate surface area is 90.9 Å². The number of hydrogen-bond acceptors (Lipinski definition) is 2. The van der Waals surface area contributed by atoms with Gasteiger partial charge >= 0.3 is 0 Å². The lowest BCUT2D eigenvalue weighted by Gasteiger charge is -2.02. The van der Waals surface area contributed by atoms with Crippen LogP contribution in [0.1, 0.15) is 12.6 Å². The van der Waals surface area contributed by atoms with E-state index < -0.39 is 11.6 Å². The van der Waals surface area contributed by atoms with Crippen LogP contribution in [0.5, 0.6) is 0 Å². The monoisotopic (exact) mass is 221 g/mol. The maximum absolute atomic E-state index is 13.0. The predicted octanol–water partition coefficient (Wildman–Crippen LogP) is 2.64. The Morgan fingerprint density at radius 3 is 2.62 bits per heavy atom. The quantitative estimate of drug-likeness (QED) is 0.780. The maximum Gasteiger partial charge on any atom is 0.161 e. The second kappa shape index (κ2) is 3.96. The second-order valence-electron chi connectivity index (χ2n) is 3.64. The van der Waals surface area contributed by atoms with E-state index in [-0.39, 0.29) is 12.2 Å². The first-order chi connectivity index (χ1) is 7.56. The lowest BCUT2D eigenvalue weighted by Crippen LogP contribution is -1.99. The number of rotatable bonds is 2. The minimum atomic E-state index is -0.931. The second-order valence-corrected chi connectivity index (χ2v) is 3.64. The van der Waals surface area contributed by atoms with Crippen molar-refractivity contribution in [3.63, 3.8) is 0 Å². The molecule has 4 heteroatoms. The van der Waals surface area contributed by atoms with Crippen molar-refractivity contribution in [1.29, 1.82) is 0 Å². The number of hydrogen-bond donors (Lipinski definition) is 0. The third-order valence-electron chi connectivity index (χ3n) is 2.22. The van der Waals surface area contributed by atoms with Crippen molar-refractivity contribution in [3.8, 4) is 0 Å². The van der Waals surface area contributed by atoms with Gasteiger partial charge in [-0.05, 0) is 19.1 Å². The van der Waals surface area contributed by atoms with E-state index in [0.29, 0.717) is 16.6 Å². The third kappa shape index (κ3) is 2.05. The van der Waals surface area contributed by atoms with E-state index >= 15 is 0 Å². The van der Waals surface area contributed by atoms with Gasteiger partial charge in [0.15, 0.2) is 11.6 Å². The summed E-state index contributed by atoms with van der Waals surface area (Å²) >= 11 is 0. The summed E-state index contributed by atoms with van der Waals surface area (Å²) in [6.45, 7) is 1.46.